The number of rotatable bonds is 8. The van der Waals surface area contributed by atoms with Gasteiger partial charge in [0, 0.05) is 23.3 Å². The van der Waals surface area contributed by atoms with Crippen LogP contribution in [0.3, 0.4) is 0 Å². The Kier molecular flexibility index (Phi) is 5.47. The number of halogens is 3. The van der Waals surface area contributed by atoms with Gasteiger partial charge < -0.3 is 14.4 Å². The standard InChI is InChI=1S/C24H30BrF2NO3/c1-30-20-7-15(2-5-19(20)31-22(26)27)13-28(18-3-4-18)21(29)12-23-8-16-6-17(9-23)11-24(25,10-16)14-23/h2,5,7,16-18,22H,3-4,6,8-14H2,1H3. The second-order valence-electron chi connectivity index (χ2n) is 10.4. The van der Waals surface area contributed by atoms with Crippen molar-refractivity contribution >= 4 is 21.8 Å². The molecule has 5 aliphatic carbocycles. The molecule has 1 amide bonds. The van der Waals surface area contributed by atoms with E-state index in [0.717, 1.165) is 36.7 Å². The number of alkyl halides is 3. The number of carbonyl (C=O) groups excluding carboxylic acids is 1. The Balaban J connectivity index is 1.31. The summed E-state index contributed by atoms with van der Waals surface area (Å²) in [5.74, 6) is 2.04. The first kappa shape index (κ1) is 21.5. The molecule has 5 fully saturated rings. The number of ether oxygens (including phenoxy) is 2. The molecule has 0 N–H and O–H groups in total. The normalized spacial score (nSPS) is 33.6. The van der Waals surface area contributed by atoms with Crippen LogP contribution in [0.5, 0.6) is 11.5 Å². The summed E-state index contributed by atoms with van der Waals surface area (Å²) in [4.78, 5) is 15.6. The molecule has 4 nitrogen and oxygen atoms in total. The zero-order valence-corrected chi connectivity index (χ0v) is 19.5. The first-order chi connectivity index (χ1) is 14.8. The molecule has 0 saturated heterocycles. The summed E-state index contributed by atoms with van der Waals surface area (Å²) >= 11 is 4.05. The van der Waals surface area contributed by atoms with Crippen molar-refractivity contribution in [2.45, 2.75) is 81.3 Å². The molecule has 6 rings (SSSR count). The van der Waals surface area contributed by atoms with E-state index in [-0.39, 0.29) is 27.1 Å². The SMILES string of the molecule is COc1cc(CN(C(=O)CC23CC4CC(CC(Br)(C4)C2)C3)C2CC2)ccc1OC(F)F. The largest absolute Gasteiger partial charge is 0.493 e. The lowest BCUT2D eigenvalue weighted by Gasteiger charge is -2.60. The van der Waals surface area contributed by atoms with Crippen LogP contribution >= 0.6 is 15.9 Å². The minimum atomic E-state index is -2.90. The van der Waals surface area contributed by atoms with Crippen molar-refractivity contribution in [1.29, 1.82) is 0 Å². The van der Waals surface area contributed by atoms with Gasteiger partial charge in [0.05, 0.1) is 7.11 Å². The van der Waals surface area contributed by atoms with Crippen molar-refractivity contribution in [3.8, 4) is 11.5 Å². The highest BCUT2D eigenvalue weighted by molar-refractivity contribution is 9.10. The molecular weight excluding hydrogens is 468 g/mol. The summed E-state index contributed by atoms with van der Waals surface area (Å²) < 4.78 is 35.2. The number of nitrogens with zero attached hydrogens (tertiary/aromatic N) is 1. The van der Waals surface area contributed by atoms with E-state index in [1.54, 1.807) is 12.1 Å². The van der Waals surface area contributed by atoms with Gasteiger partial charge in [-0.25, -0.2) is 0 Å². The maximum Gasteiger partial charge on any atom is 0.387 e. The van der Waals surface area contributed by atoms with Crippen LogP contribution in [-0.2, 0) is 11.3 Å². The van der Waals surface area contributed by atoms with Gasteiger partial charge in [0.2, 0.25) is 5.91 Å². The van der Waals surface area contributed by atoms with Crippen LogP contribution in [0, 0.1) is 17.3 Å². The number of methoxy groups -OCH3 is 1. The number of carbonyl (C=O) groups is 1. The van der Waals surface area contributed by atoms with Gasteiger partial charge >= 0.3 is 6.61 Å². The molecule has 1 aromatic rings. The fourth-order valence-corrected chi connectivity index (χ4v) is 8.48. The van der Waals surface area contributed by atoms with Gasteiger partial charge in [-0.15, -0.1) is 0 Å². The lowest BCUT2D eigenvalue weighted by Crippen LogP contribution is -2.54. The maximum absolute atomic E-state index is 13.5. The van der Waals surface area contributed by atoms with Gasteiger partial charge in [0.15, 0.2) is 11.5 Å². The Labute approximate surface area is 190 Å². The predicted octanol–water partition coefficient (Wildman–Crippen LogP) is 5.91. The Bertz CT molecular complexity index is 845. The van der Waals surface area contributed by atoms with Crippen molar-refractivity contribution in [2.75, 3.05) is 7.11 Å². The van der Waals surface area contributed by atoms with E-state index in [1.165, 1.54) is 45.3 Å². The predicted molar refractivity (Wildman–Crippen MR) is 117 cm³/mol. The Morgan fingerprint density at radius 3 is 2.48 bits per heavy atom. The fraction of sp³-hybridized carbons (Fsp3) is 0.708. The van der Waals surface area contributed by atoms with Gasteiger partial charge in [-0.3, -0.25) is 4.79 Å². The summed E-state index contributed by atoms with van der Waals surface area (Å²) in [6.07, 6.45) is 10.1. The zero-order chi connectivity index (χ0) is 21.8. The number of benzene rings is 1. The van der Waals surface area contributed by atoms with Gasteiger partial charge in [0.25, 0.3) is 0 Å². The second kappa shape index (κ2) is 7.89. The molecule has 4 bridgehead atoms. The molecule has 7 heteroatoms. The molecule has 0 heterocycles. The van der Waals surface area contributed by atoms with Crippen LogP contribution in [0.4, 0.5) is 8.78 Å². The highest BCUT2D eigenvalue weighted by Gasteiger charge is 2.57. The van der Waals surface area contributed by atoms with Gasteiger partial charge in [-0.05, 0) is 86.3 Å². The average Bonchev–Trinajstić information content (AvgIpc) is 3.49. The second-order valence-corrected chi connectivity index (χ2v) is 12.1. The van der Waals surface area contributed by atoms with Crippen LogP contribution in [0.1, 0.15) is 63.4 Å². The summed E-state index contributed by atoms with van der Waals surface area (Å²) in [6.45, 7) is -2.42. The monoisotopic (exact) mass is 497 g/mol. The van der Waals surface area contributed by atoms with Crippen LogP contribution in [-0.4, -0.2) is 34.9 Å². The molecule has 0 aliphatic heterocycles. The zero-order valence-electron chi connectivity index (χ0n) is 17.9. The Morgan fingerprint density at radius 1 is 1.19 bits per heavy atom. The lowest BCUT2D eigenvalue weighted by molar-refractivity contribution is -0.139. The summed E-state index contributed by atoms with van der Waals surface area (Å²) in [5.41, 5.74) is 1.02. The molecule has 0 radical (unpaired) electrons. The molecule has 31 heavy (non-hydrogen) atoms. The van der Waals surface area contributed by atoms with Gasteiger partial charge in [-0.2, -0.15) is 8.78 Å². The molecule has 170 valence electrons. The minimum absolute atomic E-state index is 0.0155. The van der Waals surface area contributed by atoms with Crippen LogP contribution in [0.15, 0.2) is 18.2 Å². The van der Waals surface area contributed by atoms with Crippen molar-refractivity contribution < 1.29 is 23.0 Å². The molecule has 2 unspecified atom stereocenters. The van der Waals surface area contributed by atoms with Crippen LogP contribution in [0.2, 0.25) is 0 Å². The molecule has 1 aromatic carbocycles. The van der Waals surface area contributed by atoms with E-state index in [4.69, 9.17) is 4.74 Å². The number of hydrogen-bond acceptors (Lipinski definition) is 3. The molecule has 0 aromatic heterocycles. The van der Waals surface area contributed by atoms with Crippen molar-refractivity contribution in [2.24, 2.45) is 17.3 Å². The number of hydrogen-bond donors (Lipinski definition) is 0. The van der Waals surface area contributed by atoms with Crippen LogP contribution < -0.4 is 9.47 Å². The molecular formula is C24H30BrF2NO3. The third kappa shape index (κ3) is 4.44. The van der Waals surface area contributed by atoms with Crippen LogP contribution in [0.25, 0.3) is 0 Å². The fourth-order valence-electron chi connectivity index (χ4n) is 6.97. The molecule has 5 saturated carbocycles. The Morgan fingerprint density at radius 2 is 1.90 bits per heavy atom. The van der Waals surface area contributed by atoms with E-state index >= 15 is 0 Å². The third-order valence-corrected chi connectivity index (χ3v) is 8.67. The molecule has 5 aliphatic rings. The molecule has 0 spiro atoms. The summed E-state index contributed by atoms with van der Waals surface area (Å²) in [5, 5.41) is 0. The average molecular weight is 498 g/mol. The van der Waals surface area contributed by atoms with Gasteiger partial charge in [-0.1, -0.05) is 22.0 Å². The topological polar surface area (TPSA) is 38.8 Å². The van der Waals surface area contributed by atoms with Gasteiger partial charge in [0.1, 0.15) is 0 Å². The van der Waals surface area contributed by atoms with Crippen molar-refractivity contribution in [3.05, 3.63) is 23.8 Å². The van der Waals surface area contributed by atoms with E-state index in [2.05, 4.69) is 20.7 Å². The first-order valence-corrected chi connectivity index (χ1v) is 12.2. The van der Waals surface area contributed by atoms with E-state index in [1.807, 2.05) is 4.90 Å². The van der Waals surface area contributed by atoms with E-state index in [9.17, 15) is 13.6 Å². The summed E-state index contributed by atoms with van der Waals surface area (Å²) in [6, 6.07) is 5.26. The highest BCUT2D eigenvalue weighted by atomic mass is 79.9. The van der Waals surface area contributed by atoms with E-state index < -0.39 is 6.61 Å². The first-order valence-electron chi connectivity index (χ1n) is 11.4. The van der Waals surface area contributed by atoms with Crippen molar-refractivity contribution in [3.63, 3.8) is 0 Å². The van der Waals surface area contributed by atoms with E-state index in [0.29, 0.717) is 19.0 Å². The molecule has 2 atom stereocenters. The number of amides is 1. The smallest absolute Gasteiger partial charge is 0.387 e. The highest BCUT2D eigenvalue weighted by Crippen LogP contribution is 2.65. The maximum atomic E-state index is 13.5. The van der Waals surface area contributed by atoms with Crippen molar-refractivity contribution in [1.82, 2.24) is 4.90 Å². The lowest BCUT2D eigenvalue weighted by atomic mass is 9.48. The minimum Gasteiger partial charge on any atom is -0.493 e. The summed E-state index contributed by atoms with van der Waals surface area (Å²) in [7, 11) is 1.43. The third-order valence-electron chi connectivity index (χ3n) is 7.74. The Hall–Kier alpha value is -1.37. The quantitative estimate of drug-likeness (QED) is 0.419.